The largest absolute Gasteiger partial charge is 0.493 e. The second kappa shape index (κ2) is 8.25. The van der Waals surface area contributed by atoms with Gasteiger partial charge in [-0.3, -0.25) is 4.79 Å². The van der Waals surface area contributed by atoms with Crippen molar-refractivity contribution in [2.75, 3.05) is 28.4 Å². The molecule has 0 spiro atoms. The Hall–Kier alpha value is -3.15. The molecular formula is C22H25NO5. The molecule has 0 radical (unpaired) electrons. The normalized spacial score (nSPS) is 11.9. The molecule has 28 heavy (non-hydrogen) atoms. The van der Waals surface area contributed by atoms with Gasteiger partial charge in [0.25, 0.3) is 0 Å². The topological polar surface area (TPSA) is 61.1 Å². The summed E-state index contributed by atoms with van der Waals surface area (Å²) in [4.78, 5) is 14.6. The first-order chi connectivity index (χ1) is 13.5. The van der Waals surface area contributed by atoms with Crippen LogP contribution in [0.5, 0.6) is 17.2 Å². The van der Waals surface area contributed by atoms with E-state index in [2.05, 4.69) is 0 Å². The van der Waals surface area contributed by atoms with Crippen molar-refractivity contribution in [2.24, 2.45) is 0 Å². The van der Waals surface area contributed by atoms with Crippen LogP contribution in [0.2, 0.25) is 0 Å². The standard InChI is InChI=1S/C22H25NO5/c1-14(19-12-15-8-6-7-9-17(15)28-19)23(2)20(24)13-16-10-11-18(25-3)22(27-5)21(16)26-4/h6-12,14H,13H2,1-5H3/t14-/m1/s1. The summed E-state index contributed by atoms with van der Waals surface area (Å²) < 4.78 is 22.1. The first kappa shape index (κ1) is 19.6. The molecule has 0 saturated carbocycles. The van der Waals surface area contributed by atoms with E-state index in [9.17, 15) is 4.79 Å². The Balaban J connectivity index is 1.82. The molecule has 0 saturated heterocycles. The lowest BCUT2D eigenvalue weighted by atomic mass is 10.1. The van der Waals surface area contributed by atoms with Crippen molar-refractivity contribution in [2.45, 2.75) is 19.4 Å². The van der Waals surface area contributed by atoms with Crippen LogP contribution in [-0.2, 0) is 11.2 Å². The van der Waals surface area contributed by atoms with E-state index in [1.807, 2.05) is 43.3 Å². The van der Waals surface area contributed by atoms with Crippen molar-refractivity contribution in [3.63, 3.8) is 0 Å². The van der Waals surface area contributed by atoms with E-state index in [0.29, 0.717) is 17.2 Å². The number of hydrogen-bond donors (Lipinski definition) is 0. The van der Waals surface area contributed by atoms with Gasteiger partial charge in [0.15, 0.2) is 11.5 Å². The zero-order chi connectivity index (χ0) is 20.3. The third-order valence-corrected chi connectivity index (χ3v) is 4.96. The van der Waals surface area contributed by atoms with E-state index in [0.717, 1.165) is 22.3 Å². The number of amides is 1. The van der Waals surface area contributed by atoms with Crippen molar-refractivity contribution in [1.82, 2.24) is 4.90 Å². The van der Waals surface area contributed by atoms with Gasteiger partial charge in [0.2, 0.25) is 11.7 Å². The summed E-state index contributed by atoms with van der Waals surface area (Å²) in [6.45, 7) is 1.95. The number of rotatable bonds is 7. The van der Waals surface area contributed by atoms with Gasteiger partial charge in [0, 0.05) is 18.0 Å². The Labute approximate surface area is 164 Å². The summed E-state index contributed by atoms with van der Waals surface area (Å²) in [5.41, 5.74) is 1.54. The van der Waals surface area contributed by atoms with E-state index in [4.69, 9.17) is 18.6 Å². The Kier molecular flexibility index (Phi) is 5.78. The molecule has 148 valence electrons. The monoisotopic (exact) mass is 383 g/mol. The van der Waals surface area contributed by atoms with Gasteiger partial charge in [0.1, 0.15) is 11.3 Å². The van der Waals surface area contributed by atoms with Crippen LogP contribution in [0, 0.1) is 0 Å². The lowest BCUT2D eigenvalue weighted by Gasteiger charge is -2.24. The molecule has 6 nitrogen and oxygen atoms in total. The quantitative estimate of drug-likeness (QED) is 0.611. The maximum atomic E-state index is 12.9. The second-order valence-corrected chi connectivity index (χ2v) is 6.54. The molecule has 0 unspecified atom stereocenters. The van der Waals surface area contributed by atoms with Crippen LogP contribution in [-0.4, -0.2) is 39.2 Å². The number of benzene rings is 2. The molecule has 0 aliphatic rings. The Morgan fingerprint density at radius 3 is 2.39 bits per heavy atom. The zero-order valence-corrected chi connectivity index (χ0v) is 16.8. The molecule has 0 bridgehead atoms. The molecule has 2 aromatic carbocycles. The van der Waals surface area contributed by atoms with Crippen molar-refractivity contribution in [1.29, 1.82) is 0 Å². The maximum Gasteiger partial charge on any atom is 0.227 e. The molecule has 1 amide bonds. The van der Waals surface area contributed by atoms with Crippen molar-refractivity contribution in [3.05, 3.63) is 53.8 Å². The number of carbonyl (C=O) groups excluding carboxylic acids is 1. The minimum Gasteiger partial charge on any atom is -0.493 e. The molecule has 0 fully saturated rings. The summed E-state index contributed by atoms with van der Waals surface area (Å²) in [6.07, 6.45) is 0.171. The van der Waals surface area contributed by atoms with Crippen LogP contribution in [0.25, 0.3) is 11.0 Å². The van der Waals surface area contributed by atoms with Gasteiger partial charge in [-0.1, -0.05) is 24.3 Å². The molecule has 1 heterocycles. The molecule has 0 aliphatic carbocycles. The third-order valence-electron chi connectivity index (χ3n) is 4.96. The van der Waals surface area contributed by atoms with Crippen LogP contribution < -0.4 is 14.2 Å². The lowest BCUT2D eigenvalue weighted by Crippen LogP contribution is -2.30. The highest BCUT2D eigenvalue weighted by Crippen LogP contribution is 2.40. The molecule has 1 aromatic heterocycles. The molecule has 1 atom stereocenters. The Morgan fingerprint density at radius 2 is 1.75 bits per heavy atom. The molecule has 6 heteroatoms. The number of nitrogens with zero attached hydrogens (tertiary/aromatic N) is 1. The van der Waals surface area contributed by atoms with E-state index in [-0.39, 0.29) is 18.4 Å². The van der Waals surface area contributed by atoms with E-state index in [1.54, 1.807) is 39.3 Å². The average Bonchev–Trinajstić information content (AvgIpc) is 3.16. The highest BCUT2D eigenvalue weighted by molar-refractivity contribution is 5.81. The number of para-hydroxylation sites is 1. The maximum absolute atomic E-state index is 12.9. The first-order valence-electron chi connectivity index (χ1n) is 9.02. The zero-order valence-electron chi connectivity index (χ0n) is 16.8. The first-order valence-corrected chi connectivity index (χ1v) is 9.02. The van der Waals surface area contributed by atoms with E-state index in [1.165, 1.54) is 0 Å². The number of methoxy groups -OCH3 is 3. The predicted octanol–water partition coefficient (Wildman–Crippen LogP) is 4.22. The van der Waals surface area contributed by atoms with Crippen LogP contribution in [0.1, 0.15) is 24.3 Å². The van der Waals surface area contributed by atoms with Gasteiger partial charge >= 0.3 is 0 Å². The fourth-order valence-corrected chi connectivity index (χ4v) is 3.21. The number of carbonyl (C=O) groups is 1. The molecular weight excluding hydrogens is 358 g/mol. The molecule has 3 rings (SSSR count). The van der Waals surface area contributed by atoms with Crippen molar-refractivity contribution < 1.29 is 23.4 Å². The van der Waals surface area contributed by atoms with Crippen LogP contribution >= 0.6 is 0 Å². The summed E-state index contributed by atoms with van der Waals surface area (Å²) in [6, 6.07) is 13.2. The summed E-state index contributed by atoms with van der Waals surface area (Å²) >= 11 is 0. The minimum absolute atomic E-state index is 0.0570. The Morgan fingerprint density at radius 1 is 1.04 bits per heavy atom. The summed E-state index contributed by atoms with van der Waals surface area (Å²) in [5, 5.41) is 1.02. The van der Waals surface area contributed by atoms with Crippen LogP contribution in [0.3, 0.4) is 0 Å². The average molecular weight is 383 g/mol. The van der Waals surface area contributed by atoms with Crippen LogP contribution in [0.15, 0.2) is 46.9 Å². The number of likely N-dealkylation sites (N-methyl/N-ethyl adjacent to an activating group) is 1. The predicted molar refractivity (Wildman–Crippen MR) is 107 cm³/mol. The van der Waals surface area contributed by atoms with Crippen molar-refractivity contribution in [3.8, 4) is 17.2 Å². The van der Waals surface area contributed by atoms with Gasteiger partial charge in [-0.15, -0.1) is 0 Å². The highest BCUT2D eigenvalue weighted by Gasteiger charge is 2.24. The van der Waals surface area contributed by atoms with Crippen LogP contribution in [0.4, 0.5) is 0 Å². The molecule has 0 N–H and O–H groups in total. The highest BCUT2D eigenvalue weighted by atomic mass is 16.5. The smallest absolute Gasteiger partial charge is 0.227 e. The summed E-state index contributed by atoms with van der Waals surface area (Å²) in [7, 11) is 6.42. The summed E-state index contributed by atoms with van der Waals surface area (Å²) in [5.74, 6) is 2.22. The van der Waals surface area contributed by atoms with Gasteiger partial charge in [-0.05, 0) is 25.1 Å². The number of furan rings is 1. The number of fused-ring (bicyclic) bond motifs is 1. The second-order valence-electron chi connectivity index (χ2n) is 6.54. The fourth-order valence-electron chi connectivity index (χ4n) is 3.21. The molecule has 3 aromatic rings. The number of ether oxygens (including phenoxy) is 3. The van der Waals surface area contributed by atoms with Gasteiger partial charge < -0.3 is 23.5 Å². The van der Waals surface area contributed by atoms with Crippen molar-refractivity contribution >= 4 is 16.9 Å². The lowest BCUT2D eigenvalue weighted by molar-refractivity contribution is -0.131. The fraction of sp³-hybridized carbons (Fsp3) is 0.318. The van der Waals surface area contributed by atoms with Gasteiger partial charge in [-0.25, -0.2) is 0 Å². The minimum atomic E-state index is -0.203. The van der Waals surface area contributed by atoms with Gasteiger partial charge in [0.05, 0.1) is 33.8 Å². The number of hydrogen-bond acceptors (Lipinski definition) is 5. The van der Waals surface area contributed by atoms with Gasteiger partial charge in [-0.2, -0.15) is 0 Å². The molecule has 0 aliphatic heterocycles. The third kappa shape index (κ3) is 3.63. The van der Waals surface area contributed by atoms with E-state index >= 15 is 0 Å². The SMILES string of the molecule is COc1ccc(CC(=O)N(C)[C@H](C)c2cc3ccccc3o2)c(OC)c1OC. The Bertz CT molecular complexity index is 945. The van der Waals surface area contributed by atoms with E-state index < -0.39 is 0 Å².